The largest absolute Gasteiger partial charge is 0.367 e. The zero-order valence-electron chi connectivity index (χ0n) is 11.3. The van der Waals surface area contributed by atoms with Gasteiger partial charge in [-0.2, -0.15) is 0 Å². The van der Waals surface area contributed by atoms with Gasteiger partial charge in [0.25, 0.3) is 0 Å². The van der Waals surface area contributed by atoms with Crippen molar-refractivity contribution in [3.8, 4) is 0 Å². The number of nitrogens with one attached hydrogen (secondary N) is 1. The summed E-state index contributed by atoms with van der Waals surface area (Å²) in [5, 5.41) is 4.12. The van der Waals surface area contributed by atoms with E-state index in [0.717, 1.165) is 32.0 Å². The van der Waals surface area contributed by atoms with E-state index in [1.165, 1.54) is 18.9 Å². The van der Waals surface area contributed by atoms with Crippen molar-refractivity contribution in [2.24, 2.45) is 5.92 Å². The van der Waals surface area contributed by atoms with Crippen LogP contribution in [0.1, 0.15) is 26.2 Å². The fraction of sp³-hybridized carbons (Fsp3) is 0.600. The lowest BCUT2D eigenvalue weighted by atomic mass is 9.95. The first-order valence-electron chi connectivity index (χ1n) is 7.03. The van der Waals surface area contributed by atoms with Gasteiger partial charge in [0.2, 0.25) is 0 Å². The molecule has 1 aliphatic heterocycles. The van der Waals surface area contributed by atoms with Crippen molar-refractivity contribution in [2.45, 2.75) is 31.7 Å². The zero-order valence-corrected chi connectivity index (χ0v) is 12.0. The third-order valence-corrected chi connectivity index (χ3v) is 4.62. The van der Waals surface area contributed by atoms with E-state index in [-0.39, 0.29) is 11.4 Å². The van der Waals surface area contributed by atoms with E-state index in [1.54, 1.807) is 12.1 Å². The molecule has 1 saturated carbocycles. The highest BCUT2D eigenvalue weighted by molar-refractivity contribution is 6.30. The Hall–Kier alpha value is -0.800. The molecule has 2 nitrogen and oxygen atoms in total. The monoisotopic (exact) mass is 282 g/mol. The minimum Gasteiger partial charge on any atom is -0.367 e. The van der Waals surface area contributed by atoms with E-state index in [9.17, 15) is 4.39 Å². The van der Waals surface area contributed by atoms with Gasteiger partial charge < -0.3 is 10.2 Å². The van der Waals surface area contributed by atoms with Gasteiger partial charge in [0.05, 0.1) is 5.69 Å². The van der Waals surface area contributed by atoms with Crippen molar-refractivity contribution in [2.75, 3.05) is 24.5 Å². The first-order chi connectivity index (χ1) is 9.08. The fourth-order valence-corrected chi connectivity index (χ4v) is 3.27. The van der Waals surface area contributed by atoms with Crippen molar-refractivity contribution in [3.05, 3.63) is 29.0 Å². The van der Waals surface area contributed by atoms with Gasteiger partial charge in [-0.25, -0.2) is 4.39 Å². The molecule has 1 aromatic rings. The topological polar surface area (TPSA) is 15.3 Å². The number of halogens is 2. The summed E-state index contributed by atoms with van der Waals surface area (Å²) in [7, 11) is 0. The molecule has 1 aromatic carbocycles. The Bertz CT molecular complexity index is 475. The van der Waals surface area contributed by atoms with Crippen LogP contribution in [0.3, 0.4) is 0 Å². The maximum absolute atomic E-state index is 14.1. The maximum atomic E-state index is 14.1. The van der Waals surface area contributed by atoms with E-state index in [1.807, 2.05) is 0 Å². The molecular weight excluding hydrogens is 263 g/mol. The summed E-state index contributed by atoms with van der Waals surface area (Å²) in [6.07, 6.45) is 3.63. The Morgan fingerprint density at radius 3 is 2.89 bits per heavy atom. The number of rotatable bonds is 2. The maximum Gasteiger partial charge on any atom is 0.147 e. The molecule has 19 heavy (non-hydrogen) atoms. The first-order valence-corrected chi connectivity index (χ1v) is 7.41. The van der Waals surface area contributed by atoms with Gasteiger partial charge in [-0.15, -0.1) is 0 Å². The molecule has 4 heteroatoms. The van der Waals surface area contributed by atoms with Crippen LogP contribution in [-0.2, 0) is 0 Å². The van der Waals surface area contributed by atoms with Crippen LogP contribution in [0.5, 0.6) is 0 Å². The van der Waals surface area contributed by atoms with Gasteiger partial charge in [0, 0.05) is 23.7 Å². The van der Waals surface area contributed by atoms with Crippen molar-refractivity contribution in [3.63, 3.8) is 0 Å². The van der Waals surface area contributed by atoms with Gasteiger partial charge in [-0.1, -0.05) is 11.6 Å². The fourth-order valence-electron chi connectivity index (χ4n) is 3.11. The van der Waals surface area contributed by atoms with Crippen LogP contribution in [0, 0.1) is 11.7 Å². The normalized spacial score (nSPS) is 28.3. The molecular formula is C15H20ClFN2. The second-order valence-corrected chi connectivity index (χ2v) is 6.43. The predicted molar refractivity (Wildman–Crippen MR) is 77.4 cm³/mol. The summed E-state index contributed by atoms with van der Waals surface area (Å²) in [6.45, 7) is 5.06. The SMILES string of the molecule is CC1(C2CC2)CN(c2ccc(Cl)cc2F)CCCN1. The first kappa shape index (κ1) is 13.2. The van der Waals surface area contributed by atoms with E-state index in [0.29, 0.717) is 10.7 Å². The molecule has 1 heterocycles. The average molecular weight is 283 g/mol. The third kappa shape index (κ3) is 2.72. The van der Waals surface area contributed by atoms with E-state index >= 15 is 0 Å². The van der Waals surface area contributed by atoms with Crippen LogP contribution < -0.4 is 10.2 Å². The van der Waals surface area contributed by atoms with E-state index < -0.39 is 0 Å². The van der Waals surface area contributed by atoms with E-state index in [4.69, 9.17) is 11.6 Å². The molecule has 1 N–H and O–H groups in total. The molecule has 2 aliphatic rings. The minimum atomic E-state index is -0.215. The molecule has 1 atom stereocenters. The van der Waals surface area contributed by atoms with Gasteiger partial charge in [-0.05, 0) is 56.8 Å². The molecule has 104 valence electrons. The summed E-state index contributed by atoms with van der Waals surface area (Å²) >= 11 is 5.83. The summed E-state index contributed by atoms with van der Waals surface area (Å²) in [6, 6.07) is 4.98. The Kier molecular flexibility index (Phi) is 3.44. The van der Waals surface area contributed by atoms with Crippen molar-refractivity contribution in [1.82, 2.24) is 5.32 Å². The van der Waals surface area contributed by atoms with Crippen molar-refractivity contribution >= 4 is 17.3 Å². The predicted octanol–water partition coefficient (Wildman–Crippen LogP) is 3.45. The standard InChI is InChI=1S/C15H20ClFN2/c1-15(11-3-4-11)10-19(8-2-7-18-15)14-6-5-12(16)9-13(14)17/h5-6,9,11,18H,2-4,7-8,10H2,1H3. The Balaban J connectivity index is 1.86. The number of nitrogens with zero attached hydrogens (tertiary/aromatic N) is 1. The third-order valence-electron chi connectivity index (χ3n) is 4.38. The number of hydrogen-bond donors (Lipinski definition) is 1. The number of anilines is 1. The molecule has 0 amide bonds. The smallest absolute Gasteiger partial charge is 0.147 e. The number of benzene rings is 1. The van der Waals surface area contributed by atoms with Gasteiger partial charge in [0.1, 0.15) is 5.82 Å². The van der Waals surface area contributed by atoms with Crippen LogP contribution in [0.15, 0.2) is 18.2 Å². The van der Waals surface area contributed by atoms with Crippen molar-refractivity contribution in [1.29, 1.82) is 0 Å². The summed E-state index contributed by atoms with van der Waals surface area (Å²) in [4.78, 5) is 2.17. The quantitative estimate of drug-likeness (QED) is 0.894. The van der Waals surface area contributed by atoms with Gasteiger partial charge in [0.15, 0.2) is 0 Å². The second-order valence-electron chi connectivity index (χ2n) is 5.99. The highest BCUT2D eigenvalue weighted by Crippen LogP contribution is 2.41. The molecule has 1 saturated heterocycles. The lowest BCUT2D eigenvalue weighted by molar-refractivity contribution is 0.331. The molecule has 3 rings (SSSR count). The zero-order chi connectivity index (χ0) is 13.5. The van der Waals surface area contributed by atoms with Crippen LogP contribution >= 0.6 is 11.6 Å². The molecule has 0 aromatic heterocycles. The molecule has 1 unspecified atom stereocenters. The summed E-state index contributed by atoms with van der Waals surface area (Å²) in [5.74, 6) is 0.524. The van der Waals surface area contributed by atoms with Crippen LogP contribution in [0.25, 0.3) is 0 Å². The molecule has 2 fully saturated rings. The molecule has 0 radical (unpaired) electrons. The number of hydrogen-bond acceptors (Lipinski definition) is 2. The Labute approximate surface area is 118 Å². The van der Waals surface area contributed by atoms with Crippen LogP contribution in [0.2, 0.25) is 5.02 Å². The molecule has 0 spiro atoms. The lowest BCUT2D eigenvalue weighted by Crippen LogP contribution is -2.51. The van der Waals surface area contributed by atoms with Crippen molar-refractivity contribution < 1.29 is 4.39 Å². The minimum absolute atomic E-state index is 0.114. The lowest BCUT2D eigenvalue weighted by Gasteiger charge is -2.35. The average Bonchev–Trinajstić information content (AvgIpc) is 3.16. The molecule has 1 aliphatic carbocycles. The Morgan fingerprint density at radius 2 is 2.21 bits per heavy atom. The summed E-state index contributed by atoms with van der Waals surface area (Å²) in [5.41, 5.74) is 0.794. The Morgan fingerprint density at radius 1 is 1.42 bits per heavy atom. The van der Waals surface area contributed by atoms with Crippen LogP contribution in [0.4, 0.5) is 10.1 Å². The van der Waals surface area contributed by atoms with Crippen LogP contribution in [-0.4, -0.2) is 25.2 Å². The molecule has 0 bridgehead atoms. The van der Waals surface area contributed by atoms with Gasteiger partial charge in [-0.3, -0.25) is 0 Å². The second kappa shape index (κ2) is 4.95. The van der Waals surface area contributed by atoms with Gasteiger partial charge >= 0.3 is 0 Å². The summed E-state index contributed by atoms with van der Waals surface area (Å²) < 4.78 is 14.1. The highest BCUT2D eigenvalue weighted by Gasteiger charge is 2.43. The highest BCUT2D eigenvalue weighted by atomic mass is 35.5. The van der Waals surface area contributed by atoms with E-state index in [2.05, 4.69) is 17.1 Å².